The van der Waals surface area contributed by atoms with Gasteiger partial charge in [-0.15, -0.1) is 0 Å². The molecule has 0 saturated heterocycles. The van der Waals surface area contributed by atoms with Crippen LogP contribution in [0.15, 0.2) is 151 Å². The molecule has 1 fully saturated rings. The highest BCUT2D eigenvalue weighted by Crippen LogP contribution is 2.39. The van der Waals surface area contributed by atoms with Crippen LogP contribution in [0.4, 0.5) is 0 Å². The molecule has 0 aromatic heterocycles. The first-order valence-corrected chi connectivity index (χ1v) is 19.9. The SMILES string of the molecule is Cc1ccccc1-c1cccc(CNC2=CC(=O)CC(c3cccc(C4CCC(Oc5ccc(CNC6=CC(=O)CC(c7ccccc7)C6)cc5)C4)c3)C2)c1. The molecule has 1 saturated carbocycles. The molecular formula is C50H50N2O3. The van der Waals surface area contributed by atoms with Crippen molar-refractivity contribution in [3.05, 3.63) is 184 Å². The second kappa shape index (κ2) is 16.8. The summed E-state index contributed by atoms with van der Waals surface area (Å²) in [4.78, 5) is 25.4. The lowest BCUT2D eigenvalue weighted by atomic mass is 9.83. The van der Waals surface area contributed by atoms with Gasteiger partial charge in [-0.1, -0.05) is 109 Å². The summed E-state index contributed by atoms with van der Waals surface area (Å²) in [5, 5.41) is 7.11. The predicted molar refractivity (Wildman–Crippen MR) is 221 cm³/mol. The van der Waals surface area contributed by atoms with Crippen LogP contribution in [0.25, 0.3) is 11.1 Å². The van der Waals surface area contributed by atoms with Gasteiger partial charge in [0.05, 0.1) is 6.10 Å². The Kier molecular flexibility index (Phi) is 11.1. The summed E-state index contributed by atoms with van der Waals surface area (Å²) in [6.45, 7) is 3.51. The van der Waals surface area contributed by atoms with E-state index in [0.29, 0.717) is 31.8 Å². The number of hydrogen-bond acceptors (Lipinski definition) is 5. The van der Waals surface area contributed by atoms with Crippen LogP contribution in [-0.4, -0.2) is 17.7 Å². The topological polar surface area (TPSA) is 67.4 Å². The molecule has 3 aliphatic carbocycles. The number of ether oxygens (including phenoxy) is 1. The lowest BCUT2D eigenvalue weighted by Crippen LogP contribution is -2.22. The molecule has 8 rings (SSSR count). The lowest BCUT2D eigenvalue weighted by Gasteiger charge is -2.24. The van der Waals surface area contributed by atoms with E-state index in [4.69, 9.17) is 4.74 Å². The van der Waals surface area contributed by atoms with Crippen LogP contribution in [0.2, 0.25) is 0 Å². The standard InChI is InChI=1S/C50H50N2O3/c1-34-9-5-6-16-50(34)41-15-7-10-36(23-41)33-52-45-26-43(28-47(54)31-45)39-14-8-13-38(24-39)40-19-22-49(29-40)55-48-20-17-35(18-21-48)32-51-44-25-42(27-46(53)30-44)37-11-3-2-4-12-37/h2-18,20-21,23-24,30-31,40,42-43,49,51-52H,19,22,25-29,32-33H2,1H3. The monoisotopic (exact) mass is 726 g/mol. The third-order valence-corrected chi connectivity index (χ3v) is 11.7. The second-order valence-corrected chi connectivity index (χ2v) is 15.7. The van der Waals surface area contributed by atoms with E-state index in [1.807, 2.05) is 24.3 Å². The Labute approximate surface area is 325 Å². The van der Waals surface area contributed by atoms with Crippen molar-refractivity contribution in [1.29, 1.82) is 0 Å². The van der Waals surface area contributed by atoms with E-state index >= 15 is 0 Å². The molecule has 278 valence electrons. The van der Waals surface area contributed by atoms with E-state index in [9.17, 15) is 9.59 Å². The van der Waals surface area contributed by atoms with Gasteiger partial charge in [0.15, 0.2) is 11.6 Å². The highest BCUT2D eigenvalue weighted by atomic mass is 16.5. The maximum Gasteiger partial charge on any atom is 0.158 e. The van der Waals surface area contributed by atoms with Crippen molar-refractivity contribution in [2.45, 2.75) is 88.8 Å². The quantitative estimate of drug-likeness (QED) is 0.134. The van der Waals surface area contributed by atoms with Crippen molar-refractivity contribution in [1.82, 2.24) is 10.6 Å². The molecule has 5 aromatic carbocycles. The number of aryl methyl sites for hydroxylation is 1. The number of carbonyl (C=O) groups excluding carboxylic acids is 2. The smallest absolute Gasteiger partial charge is 0.158 e. The van der Waals surface area contributed by atoms with Gasteiger partial charge in [0.1, 0.15) is 5.75 Å². The van der Waals surface area contributed by atoms with Gasteiger partial charge in [-0.25, -0.2) is 0 Å². The minimum absolute atomic E-state index is 0.167. The van der Waals surface area contributed by atoms with Crippen molar-refractivity contribution in [3.63, 3.8) is 0 Å². The summed E-state index contributed by atoms with van der Waals surface area (Å²) in [6, 6.07) is 44.8. The van der Waals surface area contributed by atoms with Crippen LogP contribution in [0.1, 0.15) is 96.1 Å². The lowest BCUT2D eigenvalue weighted by molar-refractivity contribution is -0.116. The Morgan fingerprint density at radius 2 is 1.18 bits per heavy atom. The highest BCUT2D eigenvalue weighted by Gasteiger charge is 2.29. The normalized spacial score (nSPS) is 21.1. The van der Waals surface area contributed by atoms with Gasteiger partial charge < -0.3 is 15.4 Å². The molecule has 4 atom stereocenters. The van der Waals surface area contributed by atoms with Crippen LogP contribution in [0.5, 0.6) is 5.75 Å². The largest absolute Gasteiger partial charge is 0.490 e. The molecule has 0 bridgehead atoms. The zero-order valence-corrected chi connectivity index (χ0v) is 31.7. The Balaban J connectivity index is 0.827. The predicted octanol–water partition coefficient (Wildman–Crippen LogP) is 10.6. The molecule has 5 aromatic rings. The maximum absolute atomic E-state index is 13.0. The molecule has 0 radical (unpaired) electrons. The van der Waals surface area contributed by atoms with Gasteiger partial charge in [0, 0.05) is 49.5 Å². The van der Waals surface area contributed by atoms with Gasteiger partial charge in [-0.3, -0.25) is 9.59 Å². The van der Waals surface area contributed by atoms with Gasteiger partial charge in [-0.05, 0) is 119 Å². The molecule has 3 aliphatic rings. The molecule has 0 amide bonds. The first-order valence-electron chi connectivity index (χ1n) is 19.9. The Morgan fingerprint density at radius 3 is 1.91 bits per heavy atom. The van der Waals surface area contributed by atoms with Crippen molar-refractivity contribution >= 4 is 11.6 Å². The molecule has 5 heteroatoms. The third kappa shape index (κ3) is 9.17. The van der Waals surface area contributed by atoms with Crippen LogP contribution in [-0.2, 0) is 22.7 Å². The first kappa shape index (κ1) is 36.3. The van der Waals surface area contributed by atoms with Crippen LogP contribution < -0.4 is 15.4 Å². The van der Waals surface area contributed by atoms with Crippen LogP contribution in [0, 0.1) is 6.92 Å². The summed E-state index contributed by atoms with van der Waals surface area (Å²) < 4.78 is 6.49. The van der Waals surface area contributed by atoms with Crippen molar-refractivity contribution in [2.24, 2.45) is 0 Å². The number of allylic oxidation sites excluding steroid dienone is 4. The molecule has 5 nitrogen and oxygen atoms in total. The Bertz CT molecular complexity index is 2200. The number of hydrogen-bond donors (Lipinski definition) is 2. The zero-order valence-electron chi connectivity index (χ0n) is 31.7. The van der Waals surface area contributed by atoms with E-state index < -0.39 is 0 Å². The second-order valence-electron chi connectivity index (χ2n) is 15.7. The van der Waals surface area contributed by atoms with E-state index in [1.54, 1.807) is 6.08 Å². The minimum Gasteiger partial charge on any atom is -0.490 e. The summed E-state index contributed by atoms with van der Waals surface area (Å²) in [5.41, 5.74) is 11.9. The number of rotatable bonds is 12. The fourth-order valence-electron chi connectivity index (χ4n) is 8.70. The number of ketones is 2. The molecule has 2 N–H and O–H groups in total. The minimum atomic E-state index is 0.167. The first-order chi connectivity index (χ1) is 26.9. The van der Waals surface area contributed by atoms with Crippen molar-refractivity contribution in [3.8, 4) is 16.9 Å². The molecule has 4 unspecified atom stereocenters. The number of carbonyl (C=O) groups is 2. The molecule has 55 heavy (non-hydrogen) atoms. The van der Waals surface area contributed by atoms with Gasteiger partial charge in [0.2, 0.25) is 0 Å². The number of nitrogens with one attached hydrogen (secondary N) is 2. The zero-order chi connectivity index (χ0) is 37.6. The van der Waals surface area contributed by atoms with E-state index in [-0.39, 0.29) is 29.5 Å². The Hall–Kier alpha value is -5.68. The van der Waals surface area contributed by atoms with E-state index in [0.717, 1.165) is 54.8 Å². The average Bonchev–Trinajstić information content (AvgIpc) is 3.69. The highest BCUT2D eigenvalue weighted by molar-refractivity contribution is 5.92. The summed E-state index contributed by atoms with van der Waals surface area (Å²) in [7, 11) is 0. The third-order valence-electron chi connectivity index (χ3n) is 11.7. The number of benzene rings is 5. The Morgan fingerprint density at radius 1 is 0.564 bits per heavy atom. The fourth-order valence-corrected chi connectivity index (χ4v) is 8.70. The molecule has 0 heterocycles. The molecule has 0 aliphatic heterocycles. The van der Waals surface area contributed by atoms with Gasteiger partial charge in [0.25, 0.3) is 0 Å². The summed E-state index contributed by atoms with van der Waals surface area (Å²) in [5.74, 6) is 2.10. The van der Waals surface area contributed by atoms with Crippen molar-refractivity contribution in [2.75, 3.05) is 0 Å². The van der Waals surface area contributed by atoms with E-state index in [2.05, 4.69) is 127 Å². The summed E-state index contributed by atoms with van der Waals surface area (Å²) >= 11 is 0. The summed E-state index contributed by atoms with van der Waals surface area (Å²) in [6.07, 6.45) is 9.64. The van der Waals surface area contributed by atoms with Crippen LogP contribution >= 0.6 is 0 Å². The maximum atomic E-state index is 13.0. The molecular weight excluding hydrogens is 677 g/mol. The van der Waals surface area contributed by atoms with Crippen molar-refractivity contribution < 1.29 is 14.3 Å². The van der Waals surface area contributed by atoms with Crippen LogP contribution in [0.3, 0.4) is 0 Å². The van der Waals surface area contributed by atoms with E-state index in [1.165, 1.54) is 38.9 Å². The average molecular weight is 727 g/mol. The molecule has 0 spiro atoms. The van der Waals surface area contributed by atoms with Gasteiger partial charge >= 0.3 is 0 Å². The van der Waals surface area contributed by atoms with Gasteiger partial charge in [-0.2, -0.15) is 0 Å². The fraction of sp³-hybridized carbons (Fsp3) is 0.280.